The Morgan fingerprint density at radius 1 is 1.03 bits per heavy atom. The van der Waals surface area contributed by atoms with E-state index in [0.29, 0.717) is 12.2 Å². The summed E-state index contributed by atoms with van der Waals surface area (Å²) in [5.74, 6) is -0.114. The molecule has 0 saturated heterocycles. The van der Waals surface area contributed by atoms with Gasteiger partial charge in [-0.2, -0.15) is 0 Å². The van der Waals surface area contributed by atoms with Crippen LogP contribution in [0.1, 0.15) is 33.3 Å². The largest absolute Gasteiger partial charge is 0.497 e. The van der Waals surface area contributed by atoms with Gasteiger partial charge >= 0.3 is 0 Å². The Hall–Kier alpha value is -3.27. The van der Waals surface area contributed by atoms with E-state index in [2.05, 4.69) is 5.32 Å². The monoisotopic (exact) mass is 519 g/mol. The van der Waals surface area contributed by atoms with Crippen LogP contribution < -0.4 is 19.1 Å². The van der Waals surface area contributed by atoms with E-state index in [0.717, 1.165) is 16.1 Å². The lowest BCUT2D eigenvalue weighted by Crippen LogP contribution is -2.55. The minimum atomic E-state index is -3.88. The Morgan fingerprint density at radius 3 is 2.19 bits per heavy atom. The second-order valence-electron chi connectivity index (χ2n) is 9.55. The summed E-state index contributed by atoms with van der Waals surface area (Å²) in [7, 11) is -0.981. The molecule has 0 spiro atoms. The molecular formula is C26H37N3O6S. The molecule has 0 aliphatic heterocycles. The van der Waals surface area contributed by atoms with E-state index in [9.17, 15) is 18.0 Å². The van der Waals surface area contributed by atoms with Crippen molar-refractivity contribution in [3.8, 4) is 11.5 Å². The number of nitrogens with one attached hydrogen (secondary N) is 1. The molecule has 2 aromatic carbocycles. The summed E-state index contributed by atoms with van der Waals surface area (Å²) in [5.41, 5.74) is 0.703. The van der Waals surface area contributed by atoms with Gasteiger partial charge in [0.05, 0.1) is 26.2 Å². The van der Waals surface area contributed by atoms with Gasteiger partial charge < -0.3 is 19.7 Å². The van der Waals surface area contributed by atoms with E-state index >= 15 is 0 Å². The highest BCUT2D eigenvalue weighted by molar-refractivity contribution is 7.92. The molecule has 198 valence electrons. The Labute approximate surface area is 214 Å². The Morgan fingerprint density at radius 2 is 1.67 bits per heavy atom. The Kier molecular flexibility index (Phi) is 9.75. The molecule has 0 aromatic heterocycles. The molecule has 0 saturated carbocycles. The summed E-state index contributed by atoms with van der Waals surface area (Å²) in [6.07, 6.45) is 1.53. The zero-order valence-electron chi connectivity index (χ0n) is 22.1. The molecule has 1 N–H and O–H groups in total. The third kappa shape index (κ3) is 8.15. The van der Waals surface area contributed by atoms with Gasteiger partial charge in [-0.25, -0.2) is 8.42 Å². The van der Waals surface area contributed by atoms with Crippen molar-refractivity contribution in [3.63, 3.8) is 0 Å². The number of ether oxygens (including phenoxy) is 2. The second kappa shape index (κ2) is 12.1. The van der Waals surface area contributed by atoms with E-state index in [1.807, 2.05) is 51.1 Å². The molecule has 2 rings (SSSR count). The number of carbonyl (C=O) groups is 2. The molecule has 10 heteroatoms. The normalized spacial score (nSPS) is 12.4. The van der Waals surface area contributed by atoms with Crippen LogP contribution in [-0.2, 0) is 26.0 Å². The van der Waals surface area contributed by atoms with Crippen molar-refractivity contribution in [1.29, 1.82) is 0 Å². The summed E-state index contributed by atoms with van der Waals surface area (Å²) in [4.78, 5) is 28.0. The lowest BCUT2D eigenvalue weighted by atomic mass is 10.1. The van der Waals surface area contributed by atoms with Crippen molar-refractivity contribution in [2.75, 3.05) is 37.9 Å². The topological polar surface area (TPSA) is 105 Å². The number of methoxy groups -OCH3 is 2. The number of carbonyl (C=O) groups excluding carboxylic acids is 2. The Bertz CT molecular complexity index is 1150. The molecule has 9 nitrogen and oxygen atoms in total. The molecule has 2 aromatic rings. The predicted octanol–water partition coefficient (Wildman–Crippen LogP) is 2.84. The number of hydrogen-bond acceptors (Lipinski definition) is 6. The van der Waals surface area contributed by atoms with Gasteiger partial charge in [0.25, 0.3) is 0 Å². The van der Waals surface area contributed by atoms with Crippen molar-refractivity contribution in [2.24, 2.45) is 0 Å². The maximum Gasteiger partial charge on any atom is 0.244 e. The van der Waals surface area contributed by atoms with Crippen LogP contribution in [0.15, 0.2) is 48.5 Å². The smallest absolute Gasteiger partial charge is 0.244 e. The van der Waals surface area contributed by atoms with Gasteiger partial charge in [0.1, 0.15) is 24.1 Å². The lowest BCUT2D eigenvalue weighted by molar-refractivity contribution is -0.139. The number of rotatable bonds is 11. The van der Waals surface area contributed by atoms with E-state index in [1.54, 1.807) is 19.1 Å². The highest BCUT2D eigenvalue weighted by Crippen LogP contribution is 2.33. The molecule has 0 radical (unpaired) electrons. The van der Waals surface area contributed by atoms with E-state index in [4.69, 9.17) is 9.47 Å². The van der Waals surface area contributed by atoms with Gasteiger partial charge in [0.2, 0.25) is 21.8 Å². The van der Waals surface area contributed by atoms with Crippen LogP contribution >= 0.6 is 0 Å². The van der Waals surface area contributed by atoms with Crippen molar-refractivity contribution >= 4 is 27.5 Å². The van der Waals surface area contributed by atoms with Crippen LogP contribution in [0.3, 0.4) is 0 Å². The molecule has 0 fully saturated rings. The standard InChI is InChI=1S/C26H37N3O6S/c1-19(25(31)27-26(2,3)4)28(16-15-20-11-9-8-10-12-20)24(30)18-29(36(7,32)33)22-14-13-21(34-5)17-23(22)35-6/h8-14,17,19H,15-16,18H2,1-7H3,(H,27,31). The number of nitrogens with zero attached hydrogens (tertiary/aromatic N) is 2. The SMILES string of the molecule is COc1ccc(N(CC(=O)N(CCc2ccccc2)C(C)C(=O)NC(C)(C)C)S(C)(=O)=O)c(OC)c1. The zero-order chi connectivity index (χ0) is 27.1. The molecule has 1 atom stereocenters. The van der Waals surface area contributed by atoms with Gasteiger partial charge in [-0.15, -0.1) is 0 Å². The van der Waals surface area contributed by atoms with Gasteiger partial charge in [0.15, 0.2) is 0 Å². The van der Waals surface area contributed by atoms with E-state index in [-0.39, 0.29) is 23.9 Å². The van der Waals surface area contributed by atoms with Crippen LogP contribution in [0.4, 0.5) is 5.69 Å². The molecule has 0 aliphatic carbocycles. The fourth-order valence-electron chi connectivity index (χ4n) is 3.63. The first kappa shape index (κ1) is 29.0. The minimum absolute atomic E-state index is 0.198. The van der Waals surface area contributed by atoms with Crippen LogP contribution in [0.5, 0.6) is 11.5 Å². The number of amides is 2. The predicted molar refractivity (Wildman–Crippen MR) is 141 cm³/mol. The third-order valence-corrected chi connectivity index (χ3v) is 6.61. The maximum atomic E-state index is 13.6. The highest BCUT2D eigenvalue weighted by Gasteiger charge is 2.32. The summed E-state index contributed by atoms with van der Waals surface area (Å²) in [6.45, 7) is 6.95. The average Bonchev–Trinajstić information content (AvgIpc) is 2.81. The van der Waals surface area contributed by atoms with Crippen LogP contribution in [-0.4, -0.2) is 70.3 Å². The molecule has 1 unspecified atom stereocenters. The molecule has 36 heavy (non-hydrogen) atoms. The second-order valence-corrected chi connectivity index (χ2v) is 11.5. The van der Waals surface area contributed by atoms with Gasteiger partial charge in [-0.3, -0.25) is 13.9 Å². The summed E-state index contributed by atoms with van der Waals surface area (Å²) in [6, 6.07) is 13.4. The van der Waals surface area contributed by atoms with Crippen LogP contribution in [0.2, 0.25) is 0 Å². The number of benzene rings is 2. The Balaban J connectivity index is 2.40. The molecule has 0 bridgehead atoms. The van der Waals surface area contributed by atoms with Crippen molar-refractivity contribution in [2.45, 2.75) is 45.7 Å². The average molecular weight is 520 g/mol. The fraction of sp³-hybridized carbons (Fsp3) is 0.462. The van der Waals surface area contributed by atoms with E-state index < -0.39 is 34.1 Å². The number of sulfonamides is 1. The minimum Gasteiger partial charge on any atom is -0.497 e. The first-order chi connectivity index (χ1) is 16.8. The van der Waals surface area contributed by atoms with Gasteiger partial charge in [-0.05, 0) is 51.8 Å². The summed E-state index contributed by atoms with van der Waals surface area (Å²) >= 11 is 0. The lowest BCUT2D eigenvalue weighted by Gasteiger charge is -2.33. The first-order valence-electron chi connectivity index (χ1n) is 11.6. The van der Waals surface area contributed by atoms with Crippen molar-refractivity contribution < 1.29 is 27.5 Å². The summed E-state index contributed by atoms with van der Waals surface area (Å²) < 4.78 is 37.1. The summed E-state index contributed by atoms with van der Waals surface area (Å²) in [5, 5.41) is 2.90. The quantitative estimate of drug-likeness (QED) is 0.490. The molecule has 2 amide bonds. The van der Waals surface area contributed by atoms with Crippen LogP contribution in [0, 0.1) is 0 Å². The molecular weight excluding hydrogens is 482 g/mol. The number of hydrogen-bond donors (Lipinski definition) is 1. The maximum absolute atomic E-state index is 13.6. The van der Waals surface area contributed by atoms with Crippen molar-refractivity contribution in [3.05, 3.63) is 54.1 Å². The third-order valence-electron chi connectivity index (χ3n) is 5.48. The zero-order valence-corrected chi connectivity index (χ0v) is 22.9. The van der Waals surface area contributed by atoms with Crippen molar-refractivity contribution in [1.82, 2.24) is 10.2 Å². The van der Waals surface area contributed by atoms with Gasteiger partial charge in [0, 0.05) is 18.2 Å². The molecule has 0 aliphatic rings. The highest BCUT2D eigenvalue weighted by atomic mass is 32.2. The van der Waals surface area contributed by atoms with Gasteiger partial charge in [-0.1, -0.05) is 30.3 Å². The van der Waals surface area contributed by atoms with Crippen LogP contribution in [0.25, 0.3) is 0 Å². The molecule has 0 heterocycles. The van der Waals surface area contributed by atoms with E-state index in [1.165, 1.54) is 25.2 Å². The fourth-order valence-corrected chi connectivity index (χ4v) is 4.48. The first-order valence-corrected chi connectivity index (χ1v) is 13.5. The number of anilines is 1.